The SMILES string of the molecule is CC(=O)N[C@](C#N)(Cc1cccc(C(=O)c2ccccc2)c1)C(=O)O. The number of nitrogens with one attached hydrogen (secondary N) is 1. The van der Waals surface area contributed by atoms with Gasteiger partial charge >= 0.3 is 5.97 Å². The van der Waals surface area contributed by atoms with Gasteiger partial charge in [0.05, 0.1) is 0 Å². The first-order chi connectivity index (χ1) is 11.9. The molecule has 2 N–H and O–H groups in total. The zero-order valence-corrected chi connectivity index (χ0v) is 13.5. The van der Waals surface area contributed by atoms with Gasteiger partial charge in [-0.05, 0) is 11.6 Å². The Kier molecular flexibility index (Phi) is 5.30. The van der Waals surface area contributed by atoms with Crippen molar-refractivity contribution in [1.29, 1.82) is 5.26 Å². The van der Waals surface area contributed by atoms with Gasteiger partial charge in [-0.25, -0.2) is 4.79 Å². The summed E-state index contributed by atoms with van der Waals surface area (Å²) in [6, 6.07) is 16.7. The van der Waals surface area contributed by atoms with Crippen LogP contribution in [0.5, 0.6) is 0 Å². The number of hydrogen-bond acceptors (Lipinski definition) is 4. The van der Waals surface area contributed by atoms with Gasteiger partial charge < -0.3 is 10.4 Å². The summed E-state index contributed by atoms with van der Waals surface area (Å²) < 4.78 is 0. The van der Waals surface area contributed by atoms with E-state index in [0.717, 1.165) is 6.92 Å². The van der Waals surface area contributed by atoms with Crippen LogP contribution in [0.3, 0.4) is 0 Å². The summed E-state index contributed by atoms with van der Waals surface area (Å²) >= 11 is 0. The lowest BCUT2D eigenvalue weighted by atomic mass is 9.90. The van der Waals surface area contributed by atoms with Crippen LogP contribution in [0.1, 0.15) is 28.4 Å². The summed E-state index contributed by atoms with van der Waals surface area (Å²) in [4.78, 5) is 35.3. The molecule has 0 bridgehead atoms. The molecule has 1 amide bonds. The molecular weight excluding hydrogens is 320 g/mol. The third-order valence-corrected chi connectivity index (χ3v) is 3.64. The van der Waals surface area contributed by atoms with Crippen molar-refractivity contribution < 1.29 is 19.5 Å². The summed E-state index contributed by atoms with van der Waals surface area (Å²) in [7, 11) is 0. The van der Waals surface area contributed by atoms with E-state index in [1.807, 2.05) is 0 Å². The van der Waals surface area contributed by atoms with Crippen molar-refractivity contribution in [2.45, 2.75) is 18.9 Å². The van der Waals surface area contributed by atoms with E-state index in [1.165, 1.54) is 6.07 Å². The van der Waals surface area contributed by atoms with E-state index in [9.17, 15) is 24.8 Å². The summed E-state index contributed by atoms with van der Waals surface area (Å²) in [5.74, 6) is -2.29. The van der Waals surface area contributed by atoms with E-state index >= 15 is 0 Å². The summed E-state index contributed by atoms with van der Waals surface area (Å²) in [5, 5.41) is 20.9. The molecule has 0 aliphatic rings. The first kappa shape index (κ1) is 17.9. The van der Waals surface area contributed by atoms with Crippen LogP contribution >= 0.6 is 0 Å². The van der Waals surface area contributed by atoms with Crippen molar-refractivity contribution in [1.82, 2.24) is 5.32 Å². The van der Waals surface area contributed by atoms with E-state index in [4.69, 9.17) is 0 Å². The summed E-state index contributed by atoms with van der Waals surface area (Å²) in [6.07, 6.45) is -0.256. The second-order valence-corrected chi connectivity index (χ2v) is 5.58. The zero-order chi connectivity index (χ0) is 18.4. The molecular formula is C19H16N2O4. The number of carbonyl (C=O) groups excluding carboxylic acids is 2. The topological polar surface area (TPSA) is 107 Å². The Morgan fingerprint density at radius 3 is 2.28 bits per heavy atom. The summed E-state index contributed by atoms with van der Waals surface area (Å²) in [6.45, 7) is 1.14. The number of nitrogens with zero attached hydrogens (tertiary/aromatic N) is 1. The highest BCUT2D eigenvalue weighted by atomic mass is 16.4. The highest BCUT2D eigenvalue weighted by Crippen LogP contribution is 2.17. The van der Waals surface area contributed by atoms with E-state index in [1.54, 1.807) is 54.6 Å². The molecule has 2 aromatic rings. The van der Waals surface area contributed by atoms with E-state index in [-0.39, 0.29) is 12.2 Å². The van der Waals surface area contributed by atoms with Crippen LogP contribution in [-0.2, 0) is 16.0 Å². The number of nitriles is 1. The molecule has 6 heteroatoms. The van der Waals surface area contributed by atoms with Crippen LogP contribution in [-0.4, -0.2) is 28.3 Å². The lowest BCUT2D eigenvalue weighted by molar-refractivity contribution is -0.144. The average Bonchev–Trinajstić information content (AvgIpc) is 2.60. The Morgan fingerprint density at radius 1 is 1.08 bits per heavy atom. The minimum atomic E-state index is -2.08. The quantitative estimate of drug-likeness (QED) is 0.784. The van der Waals surface area contributed by atoms with Crippen LogP contribution < -0.4 is 5.32 Å². The van der Waals surface area contributed by atoms with E-state index in [2.05, 4.69) is 5.32 Å². The molecule has 0 heterocycles. The predicted molar refractivity (Wildman–Crippen MR) is 89.8 cm³/mol. The first-order valence-electron chi connectivity index (χ1n) is 7.50. The third kappa shape index (κ3) is 4.09. The van der Waals surface area contributed by atoms with Crippen molar-refractivity contribution in [3.8, 4) is 6.07 Å². The predicted octanol–water partition coefficient (Wildman–Crippen LogP) is 1.94. The van der Waals surface area contributed by atoms with Crippen LogP contribution in [0.4, 0.5) is 0 Å². The molecule has 126 valence electrons. The lowest BCUT2D eigenvalue weighted by Crippen LogP contribution is -2.54. The molecule has 2 aromatic carbocycles. The van der Waals surface area contributed by atoms with Gasteiger partial charge in [-0.2, -0.15) is 5.26 Å². The lowest BCUT2D eigenvalue weighted by Gasteiger charge is -2.22. The highest BCUT2D eigenvalue weighted by Gasteiger charge is 2.40. The molecule has 2 rings (SSSR count). The molecule has 0 saturated heterocycles. The number of amides is 1. The average molecular weight is 336 g/mol. The maximum Gasteiger partial charge on any atom is 0.344 e. The van der Waals surface area contributed by atoms with Crippen LogP contribution in [0.25, 0.3) is 0 Å². The molecule has 1 atom stereocenters. The molecule has 0 aliphatic heterocycles. The largest absolute Gasteiger partial charge is 0.479 e. The van der Waals surface area contributed by atoms with Gasteiger partial charge in [0.1, 0.15) is 6.07 Å². The third-order valence-electron chi connectivity index (χ3n) is 3.64. The fourth-order valence-electron chi connectivity index (χ4n) is 2.47. The zero-order valence-electron chi connectivity index (χ0n) is 13.5. The molecule has 0 fully saturated rings. The molecule has 25 heavy (non-hydrogen) atoms. The molecule has 0 radical (unpaired) electrons. The fraction of sp³-hybridized carbons (Fsp3) is 0.158. The number of aliphatic carboxylic acids is 1. The maximum atomic E-state index is 12.5. The Hall–Kier alpha value is -3.46. The van der Waals surface area contributed by atoms with Gasteiger partial charge in [-0.3, -0.25) is 9.59 Å². The van der Waals surface area contributed by atoms with Crippen LogP contribution in [0.15, 0.2) is 54.6 Å². The van der Waals surface area contributed by atoms with Gasteiger partial charge in [-0.15, -0.1) is 0 Å². The normalized spacial score (nSPS) is 12.5. The van der Waals surface area contributed by atoms with E-state index in [0.29, 0.717) is 16.7 Å². The Labute approximate surface area is 144 Å². The number of benzene rings is 2. The van der Waals surface area contributed by atoms with Crippen LogP contribution in [0.2, 0.25) is 0 Å². The standard InChI is InChI=1S/C19H16N2O4/c1-13(22)21-19(12-20,18(24)25)11-14-6-5-9-16(10-14)17(23)15-7-3-2-4-8-15/h2-10H,11H2,1H3,(H,21,22)(H,24,25)/t19-/m0/s1. The first-order valence-corrected chi connectivity index (χ1v) is 7.50. The minimum Gasteiger partial charge on any atom is -0.479 e. The van der Waals surface area contributed by atoms with Crippen molar-refractivity contribution in [2.75, 3.05) is 0 Å². The van der Waals surface area contributed by atoms with Gasteiger partial charge in [0.2, 0.25) is 11.4 Å². The fourth-order valence-corrected chi connectivity index (χ4v) is 2.47. The van der Waals surface area contributed by atoms with Crippen molar-refractivity contribution in [3.63, 3.8) is 0 Å². The Balaban J connectivity index is 2.35. The maximum absolute atomic E-state index is 12.5. The van der Waals surface area contributed by atoms with Crippen molar-refractivity contribution >= 4 is 17.7 Å². The Bertz CT molecular complexity index is 855. The smallest absolute Gasteiger partial charge is 0.344 e. The second kappa shape index (κ2) is 7.41. The minimum absolute atomic E-state index is 0.208. The molecule has 0 aliphatic carbocycles. The molecule has 0 spiro atoms. The van der Waals surface area contributed by atoms with E-state index < -0.39 is 17.4 Å². The van der Waals surface area contributed by atoms with Crippen molar-refractivity contribution in [2.24, 2.45) is 0 Å². The molecule has 0 saturated carbocycles. The highest BCUT2D eigenvalue weighted by molar-refractivity contribution is 6.09. The monoisotopic (exact) mass is 336 g/mol. The number of carbonyl (C=O) groups is 3. The molecule has 6 nitrogen and oxygen atoms in total. The molecule has 0 unspecified atom stereocenters. The molecule has 0 aromatic heterocycles. The second-order valence-electron chi connectivity index (χ2n) is 5.58. The number of rotatable bonds is 6. The number of carboxylic acid groups (broad SMARTS) is 1. The summed E-state index contributed by atoms with van der Waals surface area (Å²) in [5.41, 5.74) is -0.741. The Morgan fingerprint density at radius 2 is 1.72 bits per heavy atom. The van der Waals surface area contributed by atoms with Gasteiger partial charge in [0.15, 0.2) is 5.78 Å². The van der Waals surface area contributed by atoms with Gasteiger partial charge in [0.25, 0.3) is 0 Å². The van der Waals surface area contributed by atoms with Crippen molar-refractivity contribution in [3.05, 3.63) is 71.3 Å². The van der Waals surface area contributed by atoms with Crippen LogP contribution in [0, 0.1) is 11.3 Å². The van der Waals surface area contributed by atoms with Gasteiger partial charge in [0, 0.05) is 24.5 Å². The number of ketones is 1. The number of carboxylic acids is 1. The van der Waals surface area contributed by atoms with Gasteiger partial charge in [-0.1, -0.05) is 48.5 Å². The number of hydrogen-bond donors (Lipinski definition) is 2.